The first kappa shape index (κ1) is 14.9. The van der Waals surface area contributed by atoms with E-state index in [-0.39, 0.29) is 17.1 Å². The molecule has 0 bridgehead atoms. The molecule has 2 nitrogen and oxygen atoms in total. The highest BCUT2D eigenvalue weighted by Gasteiger charge is 2.16. The van der Waals surface area contributed by atoms with Gasteiger partial charge in [-0.3, -0.25) is 0 Å². The van der Waals surface area contributed by atoms with Crippen LogP contribution < -0.4 is 10.5 Å². The zero-order chi connectivity index (χ0) is 14.5. The zero-order valence-electron chi connectivity index (χ0n) is 11.5. The maximum absolute atomic E-state index is 12.9. The van der Waals surface area contributed by atoms with Crippen molar-refractivity contribution in [2.45, 2.75) is 23.1 Å². The maximum atomic E-state index is 12.9. The fraction of sp³-hybridized carbons (Fsp3) is 0.250. The van der Waals surface area contributed by atoms with Gasteiger partial charge < -0.3 is 10.5 Å². The molecular formula is C16H18FNOS. The summed E-state index contributed by atoms with van der Waals surface area (Å²) >= 11 is 1.68. The molecule has 0 saturated carbocycles. The molecule has 20 heavy (non-hydrogen) atoms. The lowest BCUT2D eigenvalue weighted by Gasteiger charge is -2.20. The Bertz CT molecular complexity index is 559. The van der Waals surface area contributed by atoms with Gasteiger partial charge in [-0.1, -0.05) is 25.1 Å². The molecule has 2 atom stereocenters. The van der Waals surface area contributed by atoms with Crippen LogP contribution in [0, 0.1) is 5.82 Å². The highest BCUT2D eigenvalue weighted by molar-refractivity contribution is 8.00. The average Bonchev–Trinajstić information content (AvgIpc) is 2.47. The molecule has 2 aromatic rings. The van der Waals surface area contributed by atoms with E-state index in [4.69, 9.17) is 10.5 Å². The van der Waals surface area contributed by atoms with Crippen molar-refractivity contribution in [1.29, 1.82) is 0 Å². The van der Waals surface area contributed by atoms with E-state index in [0.29, 0.717) is 0 Å². The molecular weight excluding hydrogens is 273 g/mol. The number of halogens is 1. The van der Waals surface area contributed by atoms with Crippen LogP contribution in [0.4, 0.5) is 4.39 Å². The molecule has 2 rings (SSSR count). The molecule has 2 N–H and O–H groups in total. The second-order valence-corrected chi connectivity index (χ2v) is 6.03. The minimum absolute atomic E-state index is 0.146. The van der Waals surface area contributed by atoms with Crippen molar-refractivity contribution < 1.29 is 9.13 Å². The normalized spacial score (nSPS) is 13.8. The van der Waals surface area contributed by atoms with Crippen molar-refractivity contribution in [3.63, 3.8) is 0 Å². The molecule has 0 aliphatic rings. The van der Waals surface area contributed by atoms with E-state index in [1.165, 1.54) is 12.1 Å². The van der Waals surface area contributed by atoms with Gasteiger partial charge in [0.1, 0.15) is 11.6 Å². The van der Waals surface area contributed by atoms with Gasteiger partial charge in [0.2, 0.25) is 0 Å². The third kappa shape index (κ3) is 3.74. The lowest BCUT2D eigenvalue weighted by atomic mass is 10.1. The van der Waals surface area contributed by atoms with Gasteiger partial charge in [0.05, 0.1) is 7.11 Å². The Kier molecular flexibility index (Phi) is 5.04. The van der Waals surface area contributed by atoms with Crippen LogP contribution in [0.1, 0.15) is 18.5 Å². The van der Waals surface area contributed by atoms with E-state index in [9.17, 15) is 4.39 Å². The fourth-order valence-electron chi connectivity index (χ4n) is 1.92. The third-order valence-electron chi connectivity index (χ3n) is 3.12. The van der Waals surface area contributed by atoms with Crippen LogP contribution >= 0.6 is 11.8 Å². The Hall–Kier alpha value is -1.52. The maximum Gasteiger partial charge on any atom is 0.123 e. The van der Waals surface area contributed by atoms with E-state index < -0.39 is 0 Å². The van der Waals surface area contributed by atoms with Gasteiger partial charge in [-0.05, 0) is 35.9 Å². The SMILES string of the molecule is COc1cccc(SC(C)C(N)c2ccc(F)cc2)c1. The van der Waals surface area contributed by atoms with Crippen LogP contribution in [0.3, 0.4) is 0 Å². The van der Waals surface area contributed by atoms with Crippen molar-refractivity contribution >= 4 is 11.8 Å². The average molecular weight is 291 g/mol. The molecule has 0 aliphatic carbocycles. The smallest absolute Gasteiger partial charge is 0.123 e. The summed E-state index contributed by atoms with van der Waals surface area (Å²) < 4.78 is 18.1. The van der Waals surface area contributed by atoms with Crippen molar-refractivity contribution in [2.75, 3.05) is 7.11 Å². The fourth-order valence-corrected chi connectivity index (χ4v) is 2.99. The molecule has 2 unspecified atom stereocenters. The number of benzene rings is 2. The molecule has 0 heterocycles. The van der Waals surface area contributed by atoms with Crippen molar-refractivity contribution in [3.8, 4) is 5.75 Å². The first-order valence-corrected chi connectivity index (χ1v) is 7.30. The number of rotatable bonds is 5. The Morgan fingerprint density at radius 2 is 1.85 bits per heavy atom. The summed E-state index contributed by atoms with van der Waals surface area (Å²) in [5.74, 6) is 0.589. The van der Waals surface area contributed by atoms with Gasteiger partial charge in [0.15, 0.2) is 0 Å². The Balaban J connectivity index is 2.06. The minimum atomic E-state index is -0.242. The summed E-state index contributed by atoms with van der Waals surface area (Å²) in [6.07, 6.45) is 0. The Morgan fingerprint density at radius 3 is 2.50 bits per heavy atom. The Labute approximate surface area is 123 Å². The van der Waals surface area contributed by atoms with Gasteiger partial charge in [-0.2, -0.15) is 0 Å². The molecule has 2 aromatic carbocycles. The summed E-state index contributed by atoms with van der Waals surface area (Å²) in [6.45, 7) is 2.07. The number of thioether (sulfide) groups is 1. The van der Waals surface area contributed by atoms with Gasteiger partial charge >= 0.3 is 0 Å². The third-order valence-corrected chi connectivity index (χ3v) is 4.31. The largest absolute Gasteiger partial charge is 0.497 e. The van der Waals surface area contributed by atoms with Crippen molar-refractivity contribution in [1.82, 2.24) is 0 Å². The van der Waals surface area contributed by atoms with E-state index in [1.807, 2.05) is 24.3 Å². The second kappa shape index (κ2) is 6.77. The highest BCUT2D eigenvalue weighted by atomic mass is 32.2. The standard InChI is InChI=1S/C16H18FNOS/c1-11(16(18)12-6-8-13(17)9-7-12)20-15-5-3-4-14(10-15)19-2/h3-11,16H,18H2,1-2H3. The first-order valence-electron chi connectivity index (χ1n) is 6.42. The van der Waals surface area contributed by atoms with Gasteiger partial charge in [0, 0.05) is 16.2 Å². The summed E-state index contributed by atoms with van der Waals surface area (Å²) in [7, 11) is 1.65. The predicted molar refractivity (Wildman–Crippen MR) is 81.6 cm³/mol. The van der Waals surface area contributed by atoms with E-state index in [1.54, 1.807) is 31.0 Å². The van der Waals surface area contributed by atoms with Gasteiger partial charge in [-0.25, -0.2) is 4.39 Å². The molecule has 0 aromatic heterocycles. The van der Waals surface area contributed by atoms with E-state index in [2.05, 4.69) is 6.92 Å². The van der Waals surface area contributed by atoms with Crippen LogP contribution in [0.2, 0.25) is 0 Å². The lowest BCUT2D eigenvalue weighted by molar-refractivity contribution is 0.413. The number of hydrogen-bond donors (Lipinski definition) is 1. The molecule has 4 heteroatoms. The van der Waals surface area contributed by atoms with Crippen LogP contribution in [0.25, 0.3) is 0 Å². The van der Waals surface area contributed by atoms with Gasteiger partial charge in [-0.15, -0.1) is 11.8 Å². The molecule has 0 radical (unpaired) electrons. The number of methoxy groups -OCH3 is 1. The molecule has 0 spiro atoms. The minimum Gasteiger partial charge on any atom is -0.497 e. The predicted octanol–water partition coefficient (Wildman–Crippen LogP) is 4.01. The summed E-state index contributed by atoms with van der Waals surface area (Å²) in [4.78, 5) is 1.11. The molecule has 0 fully saturated rings. The quantitative estimate of drug-likeness (QED) is 0.845. The number of ether oxygens (including phenoxy) is 1. The summed E-state index contributed by atoms with van der Waals surface area (Å²) in [5, 5.41) is 0.174. The Morgan fingerprint density at radius 1 is 1.15 bits per heavy atom. The van der Waals surface area contributed by atoms with Crippen molar-refractivity contribution in [3.05, 3.63) is 59.9 Å². The second-order valence-electron chi connectivity index (χ2n) is 4.58. The molecule has 106 valence electrons. The zero-order valence-corrected chi connectivity index (χ0v) is 12.4. The van der Waals surface area contributed by atoms with Crippen LogP contribution in [-0.4, -0.2) is 12.4 Å². The summed E-state index contributed by atoms with van der Waals surface area (Å²) in [5.41, 5.74) is 7.17. The molecule has 0 saturated heterocycles. The lowest BCUT2D eigenvalue weighted by Crippen LogP contribution is -2.21. The topological polar surface area (TPSA) is 35.2 Å². The van der Waals surface area contributed by atoms with Crippen LogP contribution in [-0.2, 0) is 0 Å². The first-order chi connectivity index (χ1) is 9.60. The summed E-state index contributed by atoms with van der Waals surface area (Å²) in [6, 6.07) is 14.1. The molecule has 0 aliphatic heterocycles. The van der Waals surface area contributed by atoms with Crippen molar-refractivity contribution in [2.24, 2.45) is 5.73 Å². The number of nitrogens with two attached hydrogens (primary N) is 1. The highest BCUT2D eigenvalue weighted by Crippen LogP contribution is 2.32. The van der Waals surface area contributed by atoms with Gasteiger partial charge in [0.25, 0.3) is 0 Å². The van der Waals surface area contributed by atoms with Crippen LogP contribution in [0.5, 0.6) is 5.75 Å². The van der Waals surface area contributed by atoms with E-state index >= 15 is 0 Å². The van der Waals surface area contributed by atoms with Crippen LogP contribution in [0.15, 0.2) is 53.4 Å². The van der Waals surface area contributed by atoms with E-state index in [0.717, 1.165) is 16.2 Å². The number of hydrogen-bond acceptors (Lipinski definition) is 3. The monoisotopic (exact) mass is 291 g/mol. The molecule has 0 amide bonds.